The molecule has 2 unspecified atom stereocenters. The van der Waals surface area contributed by atoms with E-state index in [0.29, 0.717) is 25.9 Å². The Morgan fingerprint density at radius 2 is 1.53 bits per heavy atom. The number of hydrogen-bond donors (Lipinski definition) is 3. The molecular weight excluding hydrogens is 442 g/mol. The van der Waals surface area contributed by atoms with Gasteiger partial charge in [-0.2, -0.15) is 0 Å². The fraction of sp³-hybridized carbons (Fsp3) is 0.429. The summed E-state index contributed by atoms with van der Waals surface area (Å²) >= 11 is 0. The van der Waals surface area contributed by atoms with E-state index in [4.69, 9.17) is 0 Å². The van der Waals surface area contributed by atoms with E-state index in [1.807, 2.05) is 35.2 Å². The van der Waals surface area contributed by atoms with Gasteiger partial charge in [-0.15, -0.1) is 0 Å². The molecule has 1 aliphatic rings. The molecule has 182 valence electrons. The molecule has 0 amide bonds. The second-order valence-electron chi connectivity index (χ2n) is 7.78. The predicted molar refractivity (Wildman–Crippen MR) is 118 cm³/mol. The van der Waals surface area contributed by atoms with Crippen molar-refractivity contribution in [3.8, 4) is 5.75 Å². The number of benzene rings is 2. The van der Waals surface area contributed by atoms with Gasteiger partial charge in [-0.1, -0.05) is 42.5 Å². The highest BCUT2D eigenvalue weighted by atomic mass is 32.2. The van der Waals surface area contributed by atoms with Crippen molar-refractivity contribution < 1.29 is 44.7 Å². The van der Waals surface area contributed by atoms with Crippen molar-refractivity contribution in [2.24, 2.45) is 0 Å². The minimum absolute atomic E-state index is 0. The summed E-state index contributed by atoms with van der Waals surface area (Å²) in [6.45, 7) is 2.52. The summed E-state index contributed by atoms with van der Waals surface area (Å²) in [5.41, 5.74) is -1.87. The first-order valence-electron chi connectivity index (χ1n) is 9.51. The van der Waals surface area contributed by atoms with E-state index >= 15 is 0 Å². The summed E-state index contributed by atoms with van der Waals surface area (Å²) in [4.78, 5) is 1.88. The summed E-state index contributed by atoms with van der Waals surface area (Å²) in [5, 5.41) is 31.8. The highest BCUT2D eigenvalue weighted by Crippen LogP contribution is 2.37. The lowest BCUT2D eigenvalue weighted by molar-refractivity contribution is -0.0779. The first-order chi connectivity index (χ1) is 13.5. The highest BCUT2D eigenvalue weighted by molar-refractivity contribution is 7.85. The molecule has 11 heteroatoms. The Bertz CT molecular complexity index is 930. The third kappa shape index (κ3) is 6.47. The molecule has 2 aromatic rings. The van der Waals surface area contributed by atoms with Gasteiger partial charge in [0.15, 0.2) is 0 Å². The number of aliphatic hydroxyl groups is 2. The number of nitrogens with zero attached hydrogens (tertiary/aromatic N) is 1. The van der Waals surface area contributed by atoms with E-state index in [-0.39, 0.29) is 27.7 Å². The van der Waals surface area contributed by atoms with Gasteiger partial charge in [0.2, 0.25) is 0 Å². The van der Waals surface area contributed by atoms with Crippen LogP contribution in [0.1, 0.15) is 30.9 Å². The van der Waals surface area contributed by atoms with E-state index in [1.54, 1.807) is 6.92 Å². The van der Waals surface area contributed by atoms with E-state index < -0.39 is 33.1 Å². The molecule has 10 nitrogen and oxygen atoms in total. The fourth-order valence-corrected chi connectivity index (χ4v) is 5.03. The molecule has 2 atom stereocenters. The van der Waals surface area contributed by atoms with Crippen LogP contribution in [0.5, 0.6) is 5.75 Å². The van der Waals surface area contributed by atoms with Crippen molar-refractivity contribution in [3.05, 3.63) is 65.7 Å². The van der Waals surface area contributed by atoms with Gasteiger partial charge in [-0.05, 0) is 43.0 Å². The molecule has 0 aromatic heterocycles. The van der Waals surface area contributed by atoms with E-state index in [0.717, 1.165) is 5.56 Å². The second kappa shape index (κ2) is 11.2. The average Bonchev–Trinajstić information content (AvgIpc) is 2.68. The lowest BCUT2D eigenvalue weighted by Gasteiger charge is -2.46. The van der Waals surface area contributed by atoms with Crippen LogP contribution in [-0.2, 0) is 21.3 Å². The van der Waals surface area contributed by atoms with Crippen molar-refractivity contribution in [2.75, 3.05) is 18.8 Å². The molecule has 0 saturated carbocycles. The maximum atomic E-state index is 11.5. The standard InChI is InChI=1S/C21H27NO6S.3H2O/c1-16(21(25,15-29(26,27)28)18-7-9-19(23)10-8-18)22-13-11-20(24,12-14-22)17-5-3-2-4-6-17;;;/h2-10,16,23-25H,11-15H2,1H3,(H,26,27,28);3*1H2/p-1. The van der Waals surface area contributed by atoms with Gasteiger partial charge >= 0.3 is 0 Å². The number of phenolic OH excluding ortho intramolecular Hbond substituents is 1. The third-order valence-electron chi connectivity index (χ3n) is 5.94. The topological polar surface area (TPSA) is 216 Å². The minimum atomic E-state index is -4.73. The normalized spacial score (nSPS) is 18.8. The molecule has 2 aromatic carbocycles. The molecule has 1 aliphatic heterocycles. The number of piperidine rings is 1. The lowest BCUT2D eigenvalue weighted by Crippen LogP contribution is -2.56. The molecule has 32 heavy (non-hydrogen) atoms. The zero-order valence-electron chi connectivity index (χ0n) is 17.7. The van der Waals surface area contributed by atoms with Gasteiger partial charge in [0.05, 0.1) is 21.5 Å². The molecule has 1 fully saturated rings. The van der Waals surface area contributed by atoms with Crippen LogP contribution < -0.4 is 0 Å². The van der Waals surface area contributed by atoms with Gasteiger partial charge in [0.1, 0.15) is 11.4 Å². The zero-order valence-corrected chi connectivity index (χ0v) is 18.5. The summed E-state index contributed by atoms with van der Waals surface area (Å²) in [7, 11) is -4.73. The molecule has 1 saturated heterocycles. The smallest absolute Gasteiger partial charge is 0.118 e. The van der Waals surface area contributed by atoms with Crippen molar-refractivity contribution in [2.45, 2.75) is 37.0 Å². The van der Waals surface area contributed by atoms with Crippen LogP contribution in [0.3, 0.4) is 0 Å². The van der Waals surface area contributed by atoms with Crippen molar-refractivity contribution in [1.29, 1.82) is 0 Å². The third-order valence-corrected chi connectivity index (χ3v) is 6.73. The van der Waals surface area contributed by atoms with Gasteiger partial charge < -0.3 is 36.3 Å². The number of aromatic hydroxyl groups is 1. The average molecular weight is 475 g/mol. The summed E-state index contributed by atoms with van der Waals surface area (Å²) in [6, 6.07) is 14.2. The fourth-order valence-electron chi connectivity index (χ4n) is 4.09. The van der Waals surface area contributed by atoms with Crippen LogP contribution >= 0.6 is 0 Å². The van der Waals surface area contributed by atoms with E-state index in [1.165, 1.54) is 24.3 Å². The van der Waals surface area contributed by atoms with E-state index in [9.17, 15) is 28.3 Å². The summed E-state index contributed by atoms with van der Waals surface area (Å²) < 4.78 is 34.6. The highest BCUT2D eigenvalue weighted by Gasteiger charge is 2.44. The first-order valence-corrected chi connectivity index (χ1v) is 11.1. The SMILES string of the molecule is CC(N1CCC(O)(c2ccccc2)CC1)C(O)(CS(=O)(=O)[O-])c1ccc(O)cc1.O.O.O. The maximum absolute atomic E-state index is 11.5. The van der Waals surface area contributed by atoms with Crippen molar-refractivity contribution in [1.82, 2.24) is 4.90 Å². The first kappa shape index (κ1) is 29.9. The number of rotatable bonds is 6. The molecule has 0 spiro atoms. The lowest BCUT2D eigenvalue weighted by atomic mass is 9.82. The van der Waals surface area contributed by atoms with Crippen molar-refractivity contribution in [3.63, 3.8) is 0 Å². The molecular formula is C21H32NO9S-. The van der Waals surface area contributed by atoms with Crippen LogP contribution in [0, 0.1) is 0 Å². The van der Waals surface area contributed by atoms with Gasteiger partial charge in [0, 0.05) is 19.1 Å². The Kier molecular flexibility index (Phi) is 10.4. The number of hydrogen-bond acceptors (Lipinski definition) is 7. The quantitative estimate of drug-likeness (QED) is 0.444. The molecule has 3 rings (SSSR count). The monoisotopic (exact) mass is 474 g/mol. The molecule has 0 radical (unpaired) electrons. The molecule has 1 heterocycles. The number of phenols is 1. The maximum Gasteiger partial charge on any atom is 0.118 e. The summed E-state index contributed by atoms with van der Waals surface area (Å²) in [6.07, 6.45) is 0.828. The largest absolute Gasteiger partial charge is 0.748 e. The number of likely N-dealkylation sites (tertiary alicyclic amines) is 1. The van der Waals surface area contributed by atoms with E-state index in [2.05, 4.69) is 0 Å². The van der Waals surface area contributed by atoms with Crippen LogP contribution in [0.25, 0.3) is 0 Å². The summed E-state index contributed by atoms with van der Waals surface area (Å²) in [5.74, 6) is -1.01. The Morgan fingerprint density at radius 1 is 1.03 bits per heavy atom. The molecule has 0 aliphatic carbocycles. The Hall–Kier alpha value is -2.09. The van der Waals surface area contributed by atoms with Crippen LogP contribution in [0.2, 0.25) is 0 Å². The molecule has 9 N–H and O–H groups in total. The van der Waals surface area contributed by atoms with Gasteiger partial charge in [0.25, 0.3) is 0 Å². The zero-order chi connectivity index (χ0) is 21.3. The minimum Gasteiger partial charge on any atom is -0.748 e. The Balaban J connectivity index is 0.00000320. The van der Waals surface area contributed by atoms with Gasteiger partial charge in [-0.3, -0.25) is 4.90 Å². The van der Waals surface area contributed by atoms with Crippen LogP contribution in [0.4, 0.5) is 0 Å². The van der Waals surface area contributed by atoms with Gasteiger partial charge in [-0.25, -0.2) is 8.42 Å². The Labute approximate surface area is 187 Å². The second-order valence-corrected chi connectivity index (χ2v) is 9.19. The van der Waals surface area contributed by atoms with Crippen LogP contribution in [0.15, 0.2) is 54.6 Å². The van der Waals surface area contributed by atoms with Crippen molar-refractivity contribution >= 4 is 10.1 Å². The molecule has 0 bridgehead atoms. The Morgan fingerprint density at radius 3 is 2.00 bits per heavy atom. The van der Waals surface area contributed by atoms with Crippen LogP contribution in [-0.4, -0.2) is 74.5 Å². The predicted octanol–water partition coefficient (Wildman–Crippen LogP) is -0.977.